The summed E-state index contributed by atoms with van der Waals surface area (Å²) in [5.74, 6) is -2.90. The molecule has 2 aromatic carbocycles. The summed E-state index contributed by atoms with van der Waals surface area (Å²) in [7, 11) is 0. The lowest BCUT2D eigenvalue weighted by Crippen LogP contribution is -2.30. The summed E-state index contributed by atoms with van der Waals surface area (Å²) in [6.07, 6.45) is 0.771. The highest BCUT2D eigenvalue weighted by Gasteiger charge is 2.20. The van der Waals surface area contributed by atoms with Crippen LogP contribution >= 0.6 is 0 Å². The maximum absolute atomic E-state index is 13.7. The Labute approximate surface area is 121 Å². The number of nitrogens with two attached hydrogens (primary N) is 1. The molecule has 110 valence electrons. The van der Waals surface area contributed by atoms with E-state index in [1.165, 1.54) is 0 Å². The van der Waals surface area contributed by atoms with Gasteiger partial charge in [-0.2, -0.15) is 0 Å². The first kappa shape index (κ1) is 13.9. The molecule has 0 atom stereocenters. The summed E-state index contributed by atoms with van der Waals surface area (Å²) in [4.78, 5) is 2.00. The van der Waals surface area contributed by atoms with E-state index in [0.29, 0.717) is 19.2 Å². The van der Waals surface area contributed by atoms with Crippen molar-refractivity contribution in [2.75, 3.05) is 12.3 Å². The van der Waals surface area contributed by atoms with Gasteiger partial charge in [-0.3, -0.25) is 4.90 Å². The summed E-state index contributed by atoms with van der Waals surface area (Å²) < 4.78 is 39.9. The molecular weight excluding hydrogens is 277 g/mol. The van der Waals surface area contributed by atoms with Gasteiger partial charge in [0.25, 0.3) is 0 Å². The minimum absolute atomic E-state index is 0.168. The predicted molar refractivity (Wildman–Crippen MR) is 75.0 cm³/mol. The van der Waals surface area contributed by atoms with Gasteiger partial charge in [-0.05, 0) is 29.7 Å². The molecule has 0 aromatic heterocycles. The van der Waals surface area contributed by atoms with Gasteiger partial charge in [-0.15, -0.1) is 0 Å². The highest BCUT2D eigenvalue weighted by molar-refractivity contribution is 5.51. The first-order valence-electron chi connectivity index (χ1n) is 6.76. The first-order chi connectivity index (χ1) is 10.0. The highest BCUT2D eigenvalue weighted by Crippen LogP contribution is 2.25. The van der Waals surface area contributed by atoms with Crippen molar-refractivity contribution in [2.45, 2.75) is 19.5 Å². The number of anilines is 1. The fourth-order valence-corrected chi connectivity index (χ4v) is 2.76. The summed E-state index contributed by atoms with van der Waals surface area (Å²) in [6, 6.07) is 7.26. The third-order valence-electron chi connectivity index (χ3n) is 3.86. The van der Waals surface area contributed by atoms with Gasteiger partial charge in [-0.1, -0.05) is 12.1 Å². The van der Waals surface area contributed by atoms with Crippen molar-refractivity contribution < 1.29 is 13.2 Å². The largest absolute Gasteiger partial charge is 0.398 e. The molecule has 0 amide bonds. The highest BCUT2D eigenvalue weighted by atomic mass is 19.2. The summed E-state index contributed by atoms with van der Waals surface area (Å²) in [5, 5.41) is 0. The molecule has 2 N–H and O–H groups in total. The molecule has 1 heterocycles. The van der Waals surface area contributed by atoms with E-state index in [-0.39, 0.29) is 12.1 Å². The standard InChI is InChI=1S/C16H15F3N2/c17-13-7-15(19)14(18)6-11(13)9-21-5-4-12-10(8-21)2-1-3-16(12)20/h1-3,6-7H,4-5,8-9,20H2. The molecule has 0 bridgehead atoms. The topological polar surface area (TPSA) is 29.3 Å². The molecule has 0 radical (unpaired) electrons. The van der Waals surface area contributed by atoms with Crippen LogP contribution in [-0.2, 0) is 19.5 Å². The monoisotopic (exact) mass is 292 g/mol. The molecule has 0 spiro atoms. The van der Waals surface area contributed by atoms with Crippen LogP contribution in [0.1, 0.15) is 16.7 Å². The van der Waals surface area contributed by atoms with Crippen LogP contribution in [0.4, 0.5) is 18.9 Å². The van der Waals surface area contributed by atoms with E-state index >= 15 is 0 Å². The van der Waals surface area contributed by atoms with E-state index in [2.05, 4.69) is 0 Å². The van der Waals surface area contributed by atoms with Crippen molar-refractivity contribution in [1.82, 2.24) is 4.90 Å². The Hall–Kier alpha value is -2.01. The Bertz CT molecular complexity index is 685. The normalized spacial score (nSPS) is 15.0. The van der Waals surface area contributed by atoms with Crippen LogP contribution in [0.25, 0.3) is 0 Å². The SMILES string of the molecule is Nc1cccc2c1CCN(Cc1cc(F)c(F)cc1F)C2. The van der Waals surface area contributed by atoms with Crippen LogP contribution in [0.2, 0.25) is 0 Å². The maximum Gasteiger partial charge on any atom is 0.161 e. The number of hydrogen-bond donors (Lipinski definition) is 1. The second kappa shape index (κ2) is 5.41. The van der Waals surface area contributed by atoms with E-state index in [1.807, 2.05) is 23.1 Å². The number of benzene rings is 2. The number of nitrogens with zero attached hydrogens (tertiary/aromatic N) is 1. The third kappa shape index (κ3) is 2.74. The molecule has 5 heteroatoms. The quantitative estimate of drug-likeness (QED) is 0.680. The van der Waals surface area contributed by atoms with Crippen molar-refractivity contribution in [1.29, 1.82) is 0 Å². The predicted octanol–water partition coefficient (Wildman–Crippen LogP) is 3.24. The van der Waals surface area contributed by atoms with Gasteiger partial charge in [-0.25, -0.2) is 13.2 Å². The van der Waals surface area contributed by atoms with Crippen LogP contribution < -0.4 is 5.73 Å². The van der Waals surface area contributed by atoms with E-state index in [0.717, 1.165) is 29.3 Å². The summed E-state index contributed by atoms with van der Waals surface area (Å²) in [5.41, 5.74) is 9.09. The lowest BCUT2D eigenvalue weighted by Gasteiger charge is -2.29. The van der Waals surface area contributed by atoms with Crippen molar-refractivity contribution in [2.24, 2.45) is 0 Å². The molecule has 2 aromatic rings. The van der Waals surface area contributed by atoms with Crippen LogP contribution in [0, 0.1) is 17.5 Å². The van der Waals surface area contributed by atoms with E-state index in [4.69, 9.17) is 5.73 Å². The molecular formula is C16H15F3N2. The fourth-order valence-electron chi connectivity index (χ4n) is 2.76. The second-order valence-electron chi connectivity index (χ2n) is 5.30. The van der Waals surface area contributed by atoms with Gasteiger partial charge < -0.3 is 5.73 Å². The van der Waals surface area contributed by atoms with Crippen LogP contribution in [-0.4, -0.2) is 11.4 Å². The minimum atomic E-state index is -1.16. The van der Waals surface area contributed by atoms with Crippen molar-refractivity contribution in [3.05, 3.63) is 64.5 Å². The molecule has 0 unspecified atom stereocenters. The molecule has 1 aliphatic heterocycles. The smallest absolute Gasteiger partial charge is 0.161 e. The Morgan fingerprint density at radius 3 is 2.62 bits per heavy atom. The second-order valence-corrected chi connectivity index (χ2v) is 5.30. The van der Waals surface area contributed by atoms with Gasteiger partial charge >= 0.3 is 0 Å². The number of hydrogen-bond acceptors (Lipinski definition) is 2. The van der Waals surface area contributed by atoms with Gasteiger partial charge in [0.2, 0.25) is 0 Å². The molecule has 0 aliphatic carbocycles. The first-order valence-corrected chi connectivity index (χ1v) is 6.76. The average Bonchev–Trinajstić information content (AvgIpc) is 2.45. The summed E-state index contributed by atoms with van der Waals surface area (Å²) >= 11 is 0. The molecule has 3 rings (SSSR count). The molecule has 2 nitrogen and oxygen atoms in total. The Morgan fingerprint density at radius 2 is 1.81 bits per heavy atom. The van der Waals surface area contributed by atoms with Crippen LogP contribution in [0.15, 0.2) is 30.3 Å². The molecule has 21 heavy (non-hydrogen) atoms. The zero-order chi connectivity index (χ0) is 15.0. The number of rotatable bonds is 2. The van der Waals surface area contributed by atoms with Crippen molar-refractivity contribution in [3.63, 3.8) is 0 Å². The van der Waals surface area contributed by atoms with Gasteiger partial charge in [0.05, 0.1) is 0 Å². The Morgan fingerprint density at radius 1 is 1.05 bits per heavy atom. The minimum Gasteiger partial charge on any atom is -0.398 e. The summed E-state index contributed by atoms with van der Waals surface area (Å²) in [6.45, 7) is 1.58. The van der Waals surface area contributed by atoms with Crippen molar-refractivity contribution in [3.8, 4) is 0 Å². The zero-order valence-corrected chi connectivity index (χ0v) is 11.4. The molecule has 1 aliphatic rings. The zero-order valence-electron chi connectivity index (χ0n) is 11.4. The van der Waals surface area contributed by atoms with Crippen molar-refractivity contribution >= 4 is 5.69 Å². The maximum atomic E-state index is 13.7. The van der Waals surface area contributed by atoms with E-state index in [1.54, 1.807) is 0 Å². The lowest BCUT2D eigenvalue weighted by atomic mass is 9.97. The van der Waals surface area contributed by atoms with E-state index < -0.39 is 17.5 Å². The van der Waals surface area contributed by atoms with Gasteiger partial charge in [0, 0.05) is 37.0 Å². The molecule has 0 saturated carbocycles. The molecule has 0 saturated heterocycles. The van der Waals surface area contributed by atoms with Gasteiger partial charge in [0.15, 0.2) is 11.6 Å². The fraction of sp³-hybridized carbons (Fsp3) is 0.250. The lowest BCUT2D eigenvalue weighted by molar-refractivity contribution is 0.242. The van der Waals surface area contributed by atoms with Gasteiger partial charge in [0.1, 0.15) is 5.82 Å². The number of fused-ring (bicyclic) bond motifs is 1. The number of halogens is 3. The van der Waals surface area contributed by atoms with Crippen LogP contribution in [0.3, 0.4) is 0 Å². The number of nitrogen functional groups attached to an aromatic ring is 1. The molecule has 0 fully saturated rings. The van der Waals surface area contributed by atoms with Crippen LogP contribution in [0.5, 0.6) is 0 Å². The third-order valence-corrected chi connectivity index (χ3v) is 3.86. The average molecular weight is 292 g/mol. The Kier molecular flexibility index (Phi) is 3.59. The Balaban J connectivity index is 1.80. The van der Waals surface area contributed by atoms with E-state index in [9.17, 15) is 13.2 Å².